The Morgan fingerprint density at radius 1 is 0.941 bits per heavy atom. The molecule has 0 heterocycles. The predicted octanol–water partition coefficient (Wildman–Crippen LogP) is 1.97. The molecule has 0 atom stereocenters. The molecule has 0 fully saturated rings. The van der Waals surface area contributed by atoms with Gasteiger partial charge in [-0.25, -0.2) is 0 Å². The fourth-order valence-corrected chi connectivity index (χ4v) is 1.39. The van der Waals surface area contributed by atoms with Gasteiger partial charge in [-0.3, -0.25) is 0 Å². The first-order valence-corrected chi connectivity index (χ1v) is 6.34. The molecule has 1 rings (SSSR count). The first-order valence-electron chi connectivity index (χ1n) is 6.34. The smallest absolute Gasteiger partial charge is 0.508 e. The zero-order valence-electron chi connectivity index (χ0n) is 11.5. The normalized spacial score (nSPS) is 8.82. The van der Waals surface area contributed by atoms with Crippen LogP contribution < -0.4 is 29.6 Å². The summed E-state index contributed by atoms with van der Waals surface area (Å²) >= 11 is 0. The summed E-state index contributed by atoms with van der Waals surface area (Å²) in [6.45, 7) is 6.05. The third-order valence-electron chi connectivity index (χ3n) is 2.36. The van der Waals surface area contributed by atoms with Crippen LogP contribution in [0.2, 0.25) is 0 Å². The van der Waals surface area contributed by atoms with Gasteiger partial charge in [-0.2, -0.15) is 6.42 Å². The molecule has 1 aromatic carbocycles. The SMILES string of the molecule is Oc1ccccc1.[CH2-]CCCCCCCC.[Na+]. The van der Waals surface area contributed by atoms with Gasteiger partial charge in [0.25, 0.3) is 0 Å². The standard InChI is InChI=1S/C9H19.C6H6O.Na/c1-3-5-7-9-8-6-4-2;7-6-4-2-1-3-5-6;/h1,3-9H2,2H3;1-5,7H;/q-1;;+1. The van der Waals surface area contributed by atoms with E-state index < -0.39 is 0 Å². The third kappa shape index (κ3) is 16.0. The quantitative estimate of drug-likeness (QED) is 0.461. The van der Waals surface area contributed by atoms with E-state index >= 15 is 0 Å². The van der Waals surface area contributed by atoms with Crippen molar-refractivity contribution in [2.24, 2.45) is 0 Å². The van der Waals surface area contributed by atoms with Crippen LogP contribution >= 0.6 is 0 Å². The molecule has 17 heavy (non-hydrogen) atoms. The van der Waals surface area contributed by atoms with Crippen molar-refractivity contribution in [2.75, 3.05) is 0 Å². The number of benzene rings is 1. The Morgan fingerprint density at radius 2 is 1.47 bits per heavy atom. The van der Waals surface area contributed by atoms with Gasteiger partial charge in [0.1, 0.15) is 5.75 Å². The van der Waals surface area contributed by atoms with E-state index in [2.05, 4.69) is 13.8 Å². The van der Waals surface area contributed by atoms with Crippen LogP contribution in [0.5, 0.6) is 5.75 Å². The molecule has 0 aliphatic carbocycles. The molecule has 92 valence electrons. The van der Waals surface area contributed by atoms with Gasteiger partial charge in [-0.05, 0) is 12.1 Å². The number of unbranched alkanes of at least 4 members (excludes halogenated alkanes) is 6. The van der Waals surface area contributed by atoms with E-state index in [-0.39, 0.29) is 29.6 Å². The largest absolute Gasteiger partial charge is 1.00 e. The molecule has 0 unspecified atom stereocenters. The van der Waals surface area contributed by atoms with Crippen LogP contribution in [0.25, 0.3) is 0 Å². The summed E-state index contributed by atoms with van der Waals surface area (Å²) in [5.74, 6) is 0.322. The maximum Gasteiger partial charge on any atom is 1.00 e. The number of phenols is 1. The van der Waals surface area contributed by atoms with Crippen molar-refractivity contribution in [1.82, 2.24) is 0 Å². The monoisotopic (exact) mass is 244 g/mol. The van der Waals surface area contributed by atoms with Gasteiger partial charge >= 0.3 is 29.6 Å². The van der Waals surface area contributed by atoms with Crippen LogP contribution in [0, 0.1) is 6.92 Å². The molecule has 0 aliphatic rings. The minimum absolute atomic E-state index is 0. The number of para-hydroxylation sites is 1. The summed E-state index contributed by atoms with van der Waals surface area (Å²) in [5, 5.41) is 8.63. The summed E-state index contributed by atoms with van der Waals surface area (Å²) in [7, 11) is 0. The Hall–Kier alpha value is 0.0200. The number of phenolic OH excluding ortho intramolecular Hbond substituents is 1. The zero-order valence-corrected chi connectivity index (χ0v) is 13.5. The first kappa shape index (κ1) is 19.4. The maximum absolute atomic E-state index is 8.63. The van der Waals surface area contributed by atoms with Crippen molar-refractivity contribution in [1.29, 1.82) is 0 Å². The van der Waals surface area contributed by atoms with E-state index in [1.807, 2.05) is 6.07 Å². The van der Waals surface area contributed by atoms with Crippen molar-refractivity contribution in [2.45, 2.75) is 51.9 Å². The second-order valence-electron chi connectivity index (χ2n) is 3.96. The van der Waals surface area contributed by atoms with Crippen molar-refractivity contribution in [3.63, 3.8) is 0 Å². The Bertz CT molecular complexity index is 218. The van der Waals surface area contributed by atoms with Gasteiger partial charge < -0.3 is 12.0 Å². The summed E-state index contributed by atoms with van der Waals surface area (Å²) < 4.78 is 0. The van der Waals surface area contributed by atoms with E-state index in [4.69, 9.17) is 5.11 Å². The minimum atomic E-state index is 0. The second-order valence-corrected chi connectivity index (χ2v) is 3.96. The molecule has 0 saturated carbocycles. The van der Waals surface area contributed by atoms with Gasteiger partial charge in [0.2, 0.25) is 0 Å². The minimum Gasteiger partial charge on any atom is -0.508 e. The van der Waals surface area contributed by atoms with E-state index in [1.54, 1.807) is 24.3 Å². The van der Waals surface area contributed by atoms with Gasteiger partial charge in [-0.1, -0.05) is 63.6 Å². The van der Waals surface area contributed by atoms with Crippen LogP contribution in [0.15, 0.2) is 30.3 Å². The summed E-state index contributed by atoms with van der Waals surface area (Å²) in [5.41, 5.74) is 0. The number of aromatic hydroxyl groups is 1. The van der Waals surface area contributed by atoms with E-state index in [0.717, 1.165) is 6.42 Å². The Morgan fingerprint density at radius 3 is 1.88 bits per heavy atom. The number of hydrogen-bond acceptors (Lipinski definition) is 1. The van der Waals surface area contributed by atoms with Gasteiger partial charge in [0.05, 0.1) is 0 Å². The summed E-state index contributed by atoms with van der Waals surface area (Å²) in [6, 6.07) is 8.71. The van der Waals surface area contributed by atoms with E-state index in [9.17, 15) is 0 Å². The Balaban J connectivity index is 0. The average Bonchev–Trinajstić information content (AvgIpc) is 2.31. The summed E-state index contributed by atoms with van der Waals surface area (Å²) in [6.07, 6.45) is 9.45. The third-order valence-corrected chi connectivity index (χ3v) is 2.36. The number of hydrogen-bond donors (Lipinski definition) is 1. The Labute approximate surface area is 129 Å². The molecule has 0 spiro atoms. The van der Waals surface area contributed by atoms with Crippen molar-refractivity contribution >= 4 is 0 Å². The molecule has 1 aromatic rings. The Kier molecular flexibility index (Phi) is 18.2. The fourth-order valence-electron chi connectivity index (χ4n) is 1.39. The van der Waals surface area contributed by atoms with Crippen molar-refractivity contribution in [3.05, 3.63) is 37.3 Å². The molecule has 0 amide bonds. The number of rotatable bonds is 6. The molecule has 0 aromatic heterocycles. The topological polar surface area (TPSA) is 20.2 Å². The molecule has 0 aliphatic heterocycles. The van der Waals surface area contributed by atoms with Crippen LogP contribution in [0.3, 0.4) is 0 Å². The van der Waals surface area contributed by atoms with Crippen LogP contribution in [0.4, 0.5) is 0 Å². The molecule has 0 radical (unpaired) electrons. The van der Waals surface area contributed by atoms with Crippen LogP contribution in [-0.2, 0) is 0 Å². The van der Waals surface area contributed by atoms with E-state index in [1.165, 1.54) is 38.5 Å². The van der Waals surface area contributed by atoms with Gasteiger partial charge in [-0.15, -0.1) is 0 Å². The molecular weight excluding hydrogens is 219 g/mol. The average molecular weight is 244 g/mol. The molecule has 1 nitrogen and oxygen atoms in total. The molecule has 0 bridgehead atoms. The molecule has 1 N–H and O–H groups in total. The maximum atomic E-state index is 8.63. The van der Waals surface area contributed by atoms with Crippen molar-refractivity contribution < 1.29 is 34.7 Å². The first-order chi connectivity index (χ1) is 7.81. The summed E-state index contributed by atoms with van der Waals surface area (Å²) in [4.78, 5) is 0. The van der Waals surface area contributed by atoms with Crippen LogP contribution in [-0.4, -0.2) is 5.11 Å². The molecular formula is C15H25NaO. The predicted molar refractivity (Wildman–Crippen MR) is 71.5 cm³/mol. The van der Waals surface area contributed by atoms with Gasteiger partial charge in [0, 0.05) is 0 Å². The second kappa shape index (κ2) is 16.0. The van der Waals surface area contributed by atoms with E-state index in [0.29, 0.717) is 5.75 Å². The van der Waals surface area contributed by atoms with Crippen LogP contribution in [0.1, 0.15) is 51.9 Å². The fraction of sp³-hybridized carbons (Fsp3) is 0.533. The van der Waals surface area contributed by atoms with Crippen molar-refractivity contribution in [3.8, 4) is 5.75 Å². The molecule has 2 heteroatoms. The zero-order chi connectivity index (χ0) is 12.1. The molecule has 0 saturated heterocycles. The van der Waals surface area contributed by atoms with Gasteiger partial charge in [0.15, 0.2) is 0 Å².